The first-order chi connectivity index (χ1) is 30.5. The van der Waals surface area contributed by atoms with Crippen molar-refractivity contribution < 1.29 is 8.83 Å². The molecule has 0 amide bonds. The van der Waals surface area contributed by atoms with Crippen LogP contribution in [0.15, 0.2) is 173 Å². The van der Waals surface area contributed by atoms with Gasteiger partial charge in [-0.2, -0.15) is 0 Å². The summed E-state index contributed by atoms with van der Waals surface area (Å²) in [6, 6.07) is 61.0. The monoisotopic (exact) mass is 844 g/mol. The molecule has 2 aromatic heterocycles. The molecule has 0 fully saturated rings. The van der Waals surface area contributed by atoms with Gasteiger partial charge in [0, 0.05) is 67.8 Å². The smallest absolute Gasteiger partial charge is 0.252 e. The third-order valence-corrected chi connectivity index (χ3v) is 17.8. The van der Waals surface area contributed by atoms with E-state index in [9.17, 15) is 0 Å². The number of benzene rings is 9. The van der Waals surface area contributed by atoms with Gasteiger partial charge in [0.15, 0.2) is 0 Å². The van der Waals surface area contributed by atoms with E-state index in [1.807, 2.05) is 0 Å². The molecule has 0 spiro atoms. The Balaban J connectivity index is 1.20. The Morgan fingerprint density at radius 2 is 0.762 bits per heavy atom. The Morgan fingerprint density at radius 1 is 0.349 bits per heavy atom. The fraction of sp³-hybridized carbons (Fsp3) is 0.107. The largest absolute Gasteiger partial charge is 0.456 e. The molecular formula is C56H45BN2O2Si2. The van der Waals surface area contributed by atoms with Crippen molar-refractivity contribution in [2.24, 2.45) is 0 Å². The summed E-state index contributed by atoms with van der Waals surface area (Å²) in [7, 11) is -3.96. The number of rotatable bonds is 4. The highest BCUT2D eigenvalue weighted by molar-refractivity contribution is 7.01. The number of hydrogen-bond acceptors (Lipinski definition) is 4. The van der Waals surface area contributed by atoms with E-state index in [1.165, 1.54) is 71.1 Å². The van der Waals surface area contributed by atoms with Gasteiger partial charge in [0.25, 0.3) is 6.71 Å². The summed E-state index contributed by atoms with van der Waals surface area (Å²) < 4.78 is 13.5. The standard InChI is InChI=1S/C56H45BN2O2Si2/c1-62(2,3)55-36-18-9-7-16-34(36)26-28-46(55)58-44-22-15-23-45-54(44)57(42-30-40-38-20-11-13-24-50(38)60-52(40)32-48(42)58)43-31-41-39-21-12-14-25-51(39)61-53(41)33-49(43)59(45)47-29-27-35-17-8-10-19-37(35)56(47)63(4,5)6/h7-33H,1-6H3. The number of hydrogen-bond donors (Lipinski definition) is 0. The van der Waals surface area contributed by atoms with E-state index in [0.717, 1.165) is 55.3 Å². The highest BCUT2D eigenvalue weighted by atomic mass is 28.3. The molecule has 2 aliphatic heterocycles. The Kier molecular flexibility index (Phi) is 7.53. The lowest BCUT2D eigenvalue weighted by Gasteiger charge is -2.45. The van der Waals surface area contributed by atoms with Gasteiger partial charge in [0.2, 0.25) is 0 Å². The van der Waals surface area contributed by atoms with Crippen molar-refractivity contribution in [3.8, 4) is 0 Å². The number of nitrogens with zero attached hydrogens (tertiary/aromatic N) is 2. The predicted octanol–water partition coefficient (Wildman–Crippen LogP) is 13.0. The molecule has 4 nitrogen and oxygen atoms in total. The lowest BCUT2D eigenvalue weighted by molar-refractivity contribution is 0.668. The van der Waals surface area contributed by atoms with E-state index in [-0.39, 0.29) is 6.71 Å². The minimum atomic E-state index is -1.98. The second-order valence-corrected chi connectivity index (χ2v) is 29.7. The molecule has 0 aliphatic carbocycles. The van der Waals surface area contributed by atoms with Gasteiger partial charge >= 0.3 is 0 Å². The first-order valence-corrected chi connectivity index (χ1v) is 29.2. The summed E-state index contributed by atoms with van der Waals surface area (Å²) in [5.41, 5.74) is 14.7. The summed E-state index contributed by atoms with van der Waals surface area (Å²) in [5, 5.41) is 12.7. The van der Waals surface area contributed by atoms with Crippen molar-refractivity contribution in [2.45, 2.75) is 39.3 Å². The Morgan fingerprint density at radius 3 is 1.21 bits per heavy atom. The number of furan rings is 2. The molecule has 2 aliphatic rings. The van der Waals surface area contributed by atoms with Gasteiger partial charge < -0.3 is 18.6 Å². The highest BCUT2D eigenvalue weighted by Gasteiger charge is 2.45. The maximum Gasteiger partial charge on any atom is 0.252 e. The van der Waals surface area contributed by atoms with Crippen LogP contribution in [0.4, 0.5) is 34.1 Å². The molecule has 0 atom stereocenters. The summed E-state index contributed by atoms with van der Waals surface area (Å²) in [6.45, 7) is 14.9. The summed E-state index contributed by atoms with van der Waals surface area (Å²) in [4.78, 5) is 5.21. The maximum atomic E-state index is 6.75. The summed E-state index contributed by atoms with van der Waals surface area (Å²) in [6.07, 6.45) is 0. The van der Waals surface area contributed by atoms with Crippen molar-refractivity contribution in [3.63, 3.8) is 0 Å². The van der Waals surface area contributed by atoms with Gasteiger partial charge in [-0.05, 0) is 84.7 Å². The SMILES string of the molecule is C[Si](C)(C)c1c(N2c3cc4oc5ccccc5c4cc3B3c4cc5c(cc4N(c4ccc6ccccc6c4[Si](C)(C)C)c4cccc2c43)oc2ccccc25)ccc2ccccc12. The van der Waals surface area contributed by atoms with Crippen molar-refractivity contribution in [1.82, 2.24) is 0 Å². The molecule has 7 heteroatoms. The first kappa shape index (κ1) is 36.8. The minimum Gasteiger partial charge on any atom is -0.456 e. The zero-order valence-electron chi connectivity index (χ0n) is 36.4. The number of fused-ring (bicyclic) bond motifs is 12. The molecule has 13 rings (SSSR count). The fourth-order valence-corrected chi connectivity index (χ4v) is 15.4. The minimum absolute atomic E-state index is 0.0728. The number of para-hydroxylation sites is 2. The Bertz CT molecular complexity index is 3520. The number of anilines is 6. The fourth-order valence-electron chi connectivity index (χ4n) is 11.4. The second-order valence-electron chi connectivity index (χ2n) is 19.7. The van der Waals surface area contributed by atoms with E-state index in [1.54, 1.807) is 0 Å². The Hall–Kier alpha value is -6.80. The van der Waals surface area contributed by atoms with Crippen molar-refractivity contribution in [1.29, 1.82) is 0 Å². The zero-order chi connectivity index (χ0) is 42.5. The molecule has 0 bridgehead atoms. The molecule has 63 heavy (non-hydrogen) atoms. The van der Waals surface area contributed by atoms with E-state index in [2.05, 4.69) is 213 Å². The van der Waals surface area contributed by atoms with Crippen LogP contribution in [0.1, 0.15) is 0 Å². The zero-order valence-corrected chi connectivity index (χ0v) is 38.4. The molecule has 4 heterocycles. The van der Waals surface area contributed by atoms with Crippen LogP contribution in [0.25, 0.3) is 65.4 Å². The second kappa shape index (κ2) is 12.9. The molecule has 0 saturated heterocycles. The molecule has 302 valence electrons. The van der Waals surface area contributed by atoms with Crippen LogP contribution in [-0.4, -0.2) is 22.9 Å². The molecule has 0 radical (unpaired) electrons. The van der Waals surface area contributed by atoms with E-state index < -0.39 is 16.1 Å². The van der Waals surface area contributed by atoms with Gasteiger partial charge in [-0.25, -0.2) is 0 Å². The van der Waals surface area contributed by atoms with Gasteiger partial charge in [0.05, 0.1) is 16.1 Å². The quantitative estimate of drug-likeness (QED) is 0.165. The Labute approximate surface area is 369 Å². The van der Waals surface area contributed by atoms with Crippen LogP contribution < -0.4 is 36.6 Å². The average molecular weight is 845 g/mol. The molecule has 0 N–H and O–H groups in total. The van der Waals surface area contributed by atoms with Crippen LogP contribution in [-0.2, 0) is 0 Å². The van der Waals surface area contributed by atoms with Gasteiger partial charge in [0.1, 0.15) is 22.3 Å². The average Bonchev–Trinajstić information content (AvgIpc) is 3.83. The first-order valence-electron chi connectivity index (χ1n) is 22.2. The lowest BCUT2D eigenvalue weighted by Crippen LogP contribution is -2.62. The third kappa shape index (κ3) is 5.21. The van der Waals surface area contributed by atoms with Crippen molar-refractivity contribution in [2.75, 3.05) is 9.80 Å². The van der Waals surface area contributed by atoms with Crippen LogP contribution in [0.2, 0.25) is 39.3 Å². The van der Waals surface area contributed by atoms with Crippen molar-refractivity contribution >= 4 is 149 Å². The van der Waals surface area contributed by atoms with Gasteiger partial charge in [-0.15, -0.1) is 0 Å². The molecule has 9 aromatic carbocycles. The van der Waals surface area contributed by atoms with E-state index in [4.69, 9.17) is 8.83 Å². The van der Waals surface area contributed by atoms with Crippen LogP contribution in [0.3, 0.4) is 0 Å². The molecule has 0 saturated carbocycles. The van der Waals surface area contributed by atoms with Gasteiger partial charge in [-0.3, -0.25) is 0 Å². The predicted molar refractivity (Wildman–Crippen MR) is 276 cm³/mol. The molecule has 11 aromatic rings. The maximum absolute atomic E-state index is 6.75. The third-order valence-electron chi connectivity index (χ3n) is 13.8. The lowest BCUT2D eigenvalue weighted by atomic mass is 9.33. The van der Waals surface area contributed by atoms with Crippen LogP contribution in [0, 0.1) is 0 Å². The normalized spacial score (nSPS) is 13.8. The molecular weight excluding hydrogens is 800 g/mol. The summed E-state index contributed by atoms with van der Waals surface area (Å²) >= 11 is 0. The molecule has 0 unspecified atom stereocenters. The van der Waals surface area contributed by atoms with Crippen molar-refractivity contribution in [3.05, 3.63) is 164 Å². The van der Waals surface area contributed by atoms with Crippen LogP contribution in [0.5, 0.6) is 0 Å². The highest BCUT2D eigenvalue weighted by Crippen LogP contribution is 2.47. The van der Waals surface area contributed by atoms with Gasteiger partial charge in [-0.1, -0.05) is 155 Å². The van der Waals surface area contributed by atoms with E-state index >= 15 is 0 Å². The van der Waals surface area contributed by atoms with Crippen LogP contribution >= 0.6 is 0 Å². The van der Waals surface area contributed by atoms with E-state index in [0.29, 0.717) is 0 Å². The summed E-state index contributed by atoms with van der Waals surface area (Å²) in [5.74, 6) is 0. The topological polar surface area (TPSA) is 32.8 Å².